The van der Waals surface area contributed by atoms with Crippen molar-refractivity contribution in [1.82, 2.24) is 16.0 Å². The number of carboxylic acids is 1. The summed E-state index contributed by atoms with van der Waals surface area (Å²) < 4.78 is 0. The maximum atomic E-state index is 13.3. The smallest absolute Gasteiger partial charge is 0.326 e. The van der Waals surface area contributed by atoms with E-state index in [-0.39, 0.29) is 18.3 Å². The highest BCUT2D eigenvalue weighted by Gasteiger charge is 2.33. The number of nitrogens with two attached hydrogens (primary N) is 2. The van der Waals surface area contributed by atoms with E-state index in [0.717, 1.165) is 5.56 Å². The fourth-order valence-corrected chi connectivity index (χ4v) is 3.88. The van der Waals surface area contributed by atoms with Crippen LogP contribution in [0, 0.1) is 11.8 Å². The quantitative estimate of drug-likeness (QED) is 0.168. The largest absolute Gasteiger partial charge is 0.480 e. The van der Waals surface area contributed by atoms with E-state index < -0.39 is 47.9 Å². The molecule has 6 unspecified atom stereocenters. The van der Waals surface area contributed by atoms with Crippen molar-refractivity contribution >= 4 is 23.7 Å². The van der Waals surface area contributed by atoms with Crippen LogP contribution in [0.2, 0.25) is 0 Å². The van der Waals surface area contributed by atoms with Gasteiger partial charge in [-0.3, -0.25) is 14.4 Å². The number of hydrogen-bond donors (Lipinski definition) is 6. The summed E-state index contributed by atoms with van der Waals surface area (Å²) in [6, 6.07) is 5.55. The van der Waals surface area contributed by atoms with Crippen LogP contribution in [0.1, 0.15) is 65.4 Å². The number of unbranched alkanes of at least 4 members (excludes halogenated alkanes) is 1. The number of hydrogen-bond acceptors (Lipinski definition) is 6. The molecule has 6 atom stereocenters. The van der Waals surface area contributed by atoms with Crippen LogP contribution >= 0.6 is 0 Å². The highest BCUT2D eigenvalue weighted by Crippen LogP contribution is 2.12. The third-order valence-electron chi connectivity index (χ3n) is 6.79. The maximum absolute atomic E-state index is 13.3. The lowest BCUT2D eigenvalue weighted by Gasteiger charge is -2.28. The molecular weight excluding hydrogens is 474 g/mol. The van der Waals surface area contributed by atoms with E-state index in [2.05, 4.69) is 16.0 Å². The van der Waals surface area contributed by atoms with Crippen molar-refractivity contribution in [3.63, 3.8) is 0 Å². The highest BCUT2D eigenvalue weighted by molar-refractivity contribution is 5.94. The van der Waals surface area contributed by atoms with Crippen molar-refractivity contribution in [3.05, 3.63) is 35.9 Å². The highest BCUT2D eigenvalue weighted by atomic mass is 16.4. The third kappa shape index (κ3) is 10.9. The second kappa shape index (κ2) is 16.7. The minimum Gasteiger partial charge on any atom is -0.480 e. The van der Waals surface area contributed by atoms with Gasteiger partial charge >= 0.3 is 5.97 Å². The molecule has 10 heteroatoms. The zero-order valence-corrected chi connectivity index (χ0v) is 22.5. The maximum Gasteiger partial charge on any atom is 0.326 e. The van der Waals surface area contributed by atoms with Crippen molar-refractivity contribution < 1.29 is 24.3 Å². The molecule has 208 valence electrons. The molecule has 0 aromatic heterocycles. The van der Waals surface area contributed by atoms with E-state index in [0.29, 0.717) is 38.6 Å². The minimum absolute atomic E-state index is 0.229. The fraction of sp³-hybridized carbons (Fsp3) is 0.630. The van der Waals surface area contributed by atoms with E-state index in [4.69, 9.17) is 11.5 Å². The Labute approximate surface area is 220 Å². The molecule has 37 heavy (non-hydrogen) atoms. The second-order valence-corrected chi connectivity index (χ2v) is 9.72. The number of nitrogens with one attached hydrogen (secondary N) is 3. The van der Waals surface area contributed by atoms with Gasteiger partial charge in [-0.05, 0) is 49.6 Å². The van der Waals surface area contributed by atoms with E-state index in [1.54, 1.807) is 6.92 Å². The molecule has 0 saturated carbocycles. The molecule has 0 aliphatic carbocycles. The van der Waals surface area contributed by atoms with Crippen LogP contribution in [0.15, 0.2) is 30.3 Å². The SMILES string of the molecule is CCC(C)C(NC(=O)C(CCCCN)NC(=O)C(NC(=O)C(N)Cc1ccccc1)C(C)CC)C(=O)O. The van der Waals surface area contributed by atoms with Gasteiger partial charge in [0, 0.05) is 0 Å². The van der Waals surface area contributed by atoms with Crippen molar-refractivity contribution in [2.45, 2.75) is 90.4 Å². The fourth-order valence-electron chi connectivity index (χ4n) is 3.88. The molecule has 0 heterocycles. The Hall–Kier alpha value is -2.98. The number of carboxylic acid groups (broad SMARTS) is 1. The first-order valence-electron chi connectivity index (χ1n) is 13.2. The Bertz CT molecular complexity index is 866. The number of rotatable bonds is 17. The van der Waals surface area contributed by atoms with Crippen LogP contribution in [-0.2, 0) is 25.6 Å². The summed E-state index contributed by atoms with van der Waals surface area (Å²) in [6.45, 7) is 7.75. The minimum atomic E-state index is -1.13. The Morgan fingerprint density at radius 2 is 1.41 bits per heavy atom. The lowest BCUT2D eigenvalue weighted by Crippen LogP contribution is -2.59. The molecule has 8 N–H and O–H groups in total. The first kappa shape index (κ1) is 32.0. The van der Waals surface area contributed by atoms with Gasteiger partial charge in [0.2, 0.25) is 17.7 Å². The lowest BCUT2D eigenvalue weighted by atomic mass is 9.96. The molecule has 0 aliphatic rings. The zero-order valence-electron chi connectivity index (χ0n) is 22.5. The van der Waals surface area contributed by atoms with E-state index in [9.17, 15) is 24.3 Å². The zero-order chi connectivity index (χ0) is 28.0. The molecule has 10 nitrogen and oxygen atoms in total. The first-order valence-corrected chi connectivity index (χ1v) is 13.2. The van der Waals surface area contributed by atoms with Crippen molar-refractivity contribution in [2.24, 2.45) is 23.3 Å². The summed E-state index contributed by atoms with van der Waals surface area (Å²) in [5.74, 6) is -3.21. The Balaban J connectivity index is 3.00. The normalized spacial score (nSPS) is 15.9. The number of carbonyl (C=O) groups is 4. The Morgan fingerprint density at radius 3 is 1.95 bits per heavy atom. The van der Waals surface area contributed by atoms with Gasteiger partial charge in [0.1, 0.15) is 18.1 Å². The number of carbonyl (C=O) groups excluding carboxylic acids is 3. The average molecular weight is 520 g/mol. The first-order chi connectivity index (χ1) is 17.5. The molecule has 0 spiro atoms. The van der Waals surface area contributed by atoms with Gasteiger partial charge in [0.15, 0.2) is 0 Å². The van der Waals surface area contributed by atoms with Gasteiger partial charge < -0.3 is 32.5 Å². The second-order valence-electron chi connectivity index (χ2n) is 9.72. The van der Waals surface area contributed by atoms with Gasteiger partial charge in [-0.1, -0.05) is 70.9 Å². The van der Waals surface area contributed by atoms with Gasteiger partial charge in [0.25, 0.3) is 0 Å². The number of aliphatic carboxylic acids is 1. The number of amides is 3. The summed E-state index contributed by atoms with van der Waals surface area (Å²) in [4.78, 5) is 51.0. The molecule has 3 amide bonds. The van der Waals surface area contributed by atoms with Gasteiger partial charge in [-0.25, -0.2) is 4.79 Å². The summed E-state index contributed by atoms with van der Waals surface area (Å²) >= 11 is 0. The molecule has 1 rings (SSSR count). The topological polar surface area (TPSA) is 177 Å². The predicted octanol–water partition coefficient (Wildman–Crippen LogP) is 1.32. The molecular formula is C27H45N5O5. The monoisotopic (exact) mass is 519 g/mol. The van der Waals surface area contributed by atoms with Crippen molar-refractivity contribution in [2.75, 3.05) is 6.54 Å². The van der Waals surface area contributed by atoms with Crippen molar-refractivity contribution in [3.8, 4) is 0 Å². The van der Waals surface area contributed by atoms with Crippen LogP contribution in [0.5, 0.6) is 0 Å². The molecule has 0 fully saturated rings. The van der Waals surface area contributed by atoms with Crippen LogP contribution in [0.25, 0.3) is 0 Å². The van der Waals surface area contributed by atoms with E-state index in [1.807, 2.05) is 51.1 Å². The van der Waals surface area contributed by atoms with Crippen LogP contribution in [-0.4, -0.2) is 59.5 Å². The Morgan fingerprint density at radius 1 is 0.838 bits per heavy atom. The third-order valence-corrected chi connectivity index (χ3v) is 6.79. The standard InChI is InChI=1S/C27H45N5O5/c1-5-17(3)22(31-24(33)20(29)16-19-12-8-7-9-13-19)26(35)30-21(14-10-11-15-28)25(34)32-23(27(36)37)18(4)6-2/h7-9,12-13,17-18,20-23H,5-6,10-11,14-16,28-29H2,1-4H3,(H,30,35)(H,31,33)(H,32,34)(H,36,37). The van der Waals surface area contributed by atoms with Crippen LogP contribution < -0.4 is 27.4 Å². The summed E-state index contributed by atoms with van der Waals surface area (Å²) in [6.07, 6.45) is 2.98. The van der Waals surface area contributed by atoms with E-state index >= 15 is 0 Å². The van der Waals surface area contributed by atoms with E-state index in [1.165, 1.54) is 0 Å². The molecule has 0 saturated heterocycles. The van der Waals surface area contributed by atoms with Crippen LogP contribution in [0.4, 0.5) is 0 Å². The summed E-state index contributed by atoms with van der Waals surface area (Å²) in [7, 11) is 0. The number of benzene rings is 1. The average Bonchev–Trinajstić information content (AvgIpc) is 2.88. The van der Waals surface area contributed by atoms with Gasteiger partial charge in [0.05, 0.1) is 6.04 Å². The molecule has 1 aromatic carbocycles. The molecule has 0 radical (unpaired) electrons. The molecule has 0 aliphatic heterocycles. The predicted molar refractivity (Wildman–Crippen MR) is 143 cm³/mol. The Kier molecular flexibility index (Phi) is 14.5. The lowest BCUT2D eigenvalue weighted by molar-refractivity contribution is -0.144. The molecule has 0 bridgehead atoms. The van der Waals surface area contributed by atoms with Gasteiger partial charge in [-0.15, -0.1) is 0 Å². The molecule has 1 aromatic rings. The summed E-state index contributed by atoms with van der Waals surface area (Å²) in [5, 5.41) is 17.7. The van der Waals surface area contributed by atoms with Crippen molar-refractivity contribution in [1.29, 1.82) is 0 Å². The van der Waals surface area contributed by atoms with Gasteiger partial charge in [-0.2, -0.15) is 0 Å². The summed E-state index contributed by atoms with van der Waals surface area (Å²) in [5.41, 5.74) is 12.6. The van der Waals surface area contributed by atoms with Crippen LogP contribution in [0.3, 0.4) is 0 Å².